The maximum atomic E-state index is 5.88. The molecule has 0 saturated carbocycles. The van der Waals surface area contributed by atoms with Gasteiger partial charge in [-0.05, 0) is 37.1 Å². The van der Waals surface area contributed by atoms with Gasteiger partial charge in [-0.2, -0.15) is 0 Å². The van der Waals surface area contributed by atoms with Crippen molar-refractivity contribution in [3.8, 4) is 11.5 Å². The van der Waals surface area contributed by atoms with Gasteiger partial charge >= 0.3 is 0 Å². The van der Waals surface area contributed by atoms with E-state index in [0.717, 1.165) is 24.5 Å². The van der Waals surface area contributed by atoms with E-state index in [0.29, 0.717) is 19.1 Å². The van der Waals surface area contributed by atoms with Crippen LogP contribution in [0.3, 0.4) is 0 Å². The van der Waals surface area contributed by atoms with E-state index in [1.807, 2.05) is 13.1 Å². The van der Waals surface area contributed by atoms with Crippen molar-refractivity contribution in [2.24, 2.45) is 5.92 Å². The highest BCUT2D eigenvalue weighted by molar-refractivity contribution is 5.45. The lowest BCUT2D eigenvalue weighted by molar-refractivity contribution is 0.0629. The van der Waals surface area contributed by atoms with Crippen molar-refractivity contribution in [1.29, 1.82) is 0 Å². The van der Waals surface area contributed by atoms with Crippen LogP contribution in [0.5, 0.6) is 11.5 Å². The van der Waals surface area contributed by atoms with E-state index in [4.69, 9.17) is 14.2 Å². The first-order valence-corrected chi connectivity index (χ1v) is 6.98. The lowest BCUT2D eigenvalue weighted by Gasteiger charge is -2.27. The second-order valence-corrected chi connectivity index (χ2v) is 5.27. The third-order valence-corrected chi connectivity index (χ3v) is 4.01. The average Bonchev–Trinajstić information content (AvgIpc) is 2.86. The predicted molar refractivity (Wildman–Crippen MR) is 72.8 cm³/mol. The van der Waals surface area contributed by atoms with E-state index >= 15 is 0 Å². The van der Waals surface area contributed by atoms with Crippen LogP contribution in [-0.2, 0) is 4.74 Å². The van der Waals surface area contributed by atoms with Gasteiger partial charge in [0.25, 0.3) is 0 Å². The average molecular weight is 263 g/mol. The zero-order valence-electron chi connectivity index (χ0n) is 11.5. The topological polar surface area (TPSA) is 39.7 Å². The number of benzene rings is 1. The van der Waals surface area contributed by atoms with Gasteiger partial charge in [0.15, 0.2) is 11.5 Å². The Balaban J connectivity index is 1.86. The molecule has 1 aromatic carbocycles. The smallest absolute Gasteiger partial charge is 0.161 e. The Hall–Kier alpha value is -1.26. The summed E-state index contributed by atoms with van der Waals surface area (Å²) in [5.74, 6) is 2.26. The molecular formula is C15H21NO3. The molecule has 19 heavy (non-hydrogen) atoms. The Bertz CT molecular complexity index is 449. The van der Waals surface area contributed by atoms with Crippen molar-refractivity contribution in [3.05, 3.63) is 23.8 Å². The molecule has 1 fully saturated rings. The minimum Gasteiger partial charge on any atom is -0.486 e. The molecule has 0 radical (unpaired) electrons. The molecular weight excluding hydrogens is 242 g/mol. The van der Waals surface area contributed by atoms with E-state index in [1.165, 1.54) is 5.56 Å². The van der Waals surface area contributed by atoms with Gasteiger partial charge in [-0.15, -0.1) is 0 Å². The molecule has 104 valence electrons. The van der Waals surface area contributed by atoms with Gasteiger partial charge in [-0.25, -0.2) is 0 Å². The van der Waals surface area contributed by atoms with Crippen LogP contribution in [0.1, 0.15) is 24.9 Å². The van der Waals surface area contributed by atoms with E-state index in [1.54, 1.807) is 0 Å². The maximum Gasteiger partial charge on any atom is 0.161 e. The number of nitrogens with one attached hydrogen (secondary N) is 1. The van der Waals surface area contributed by atoms with Gasteiger partial charge < -0.3 is 19.5 Å². The number of hydrogen-bond donors (Lipinski definition) is 1. The van der Waals surface area contributed by atoms with Crippen LogP contribution >= 0.6 is 0 Å². The Morgan fingerprint density at radius 3 is 2.63 bits per heavy atom. The molecule has 0 aromatic heterocycles. The molecule has 1 aromatic rings. The summed E-state index contributed by atoms with van der Waals surface area (Å²) >= 11 is 0. The zero-order chi connectivity index (χ0) is 13.2. The Morgan fingerprint density at radius 1 is 1.16 bits per heavy atom. The monoisotopic (exact) mass is 263 g/mol. The fourth-order valence-corrected chi connectivity index (χ4v) is 2.92. The number of likely N-dealkylation sites (N-methyl/N-ethyl adjacent to an activating group) is 1. The maximum absolute atomic E-state index is 5.88. The lowest BCUT2D eigenvalue weighted by Crippen LogP contribution is -2.32. The van der Waals surface area contributed by atoms with Gasteiger partial charge in [0, 0.05) is 6.61 Å². The fourth-order valence-electron chi connectivity index (χ4n) is 2.92. The molecule has 4 nitrogen and oxygen atoms in total. The highest BCUT2D eigenvalue weighted by Gasteiger charge is 2.32. The number of hydrogen-bond acceptors (Lipinski definition) is 4. The summed E-state index contributed by atoms with van der Waals surface area (Å²) in [5.41, 5.74) is 1.20. The van der Waals surface area contributed by atoms with Crippen LogP contribution in [0, 0.1) is 5.92 Å². The van der Waals surface area contributed by atoms with Gasteiger partial charge in [-0.3, -0.25) is 0 Å². The summed E-state index contributed by atoms with van der Waals surface area (Å²) in [6.07, 6.45) is 1.36. The number of rotatable bonds is 3. The Kier molecular flexibility index (Phi) is 3.62. The second-order valence-electron chi connectivity index (χ2n) is 5.27. The van der Waals surface area contributed by atoms with E-state index in [-0.39, 0.29) is 12.1 Å². The molecule has 2 aliphatic rings. The van der Waals surface area contributed by atoms with Crippen LogP contribution < -0.4 is 14.8 Å². The summed E-state index contributed by atoms with van der Waals surface area (Å²) in [7, 11) is 1.98. The first-order chi connectivity index (χ1) is 9.29. The van der Waals surface area contributed by atoms with E-state index in [2.05, 4.69) is 24.4 Å². The standard InChI is InChI=1S/C15H21NO3/c1-10-5-6-19-15(10)14(16-2)11-3-4-12-13(9-11)18-8-7-17-12/h3-4,9-10,14-16H,5-8H2,1-2H3. The summed E-state index contributed by atoms with van der Waals surface area (Å²) in [4.78, 5) is 0. The molecule has 1 saturated heterocycles. The predicted octanol–water partition coefficient (Wildman–Crippen LogP) is 2.14. The minimum atomic E-state index is 0.202. The summed E-state index contributed by atoms with van der Waals surface area (Å²) < 4.78 is 17.1. The van der Waals surface area contributed by atoms with E-state index < -0.39 is 0 Å². The van der Waals surface area contributed by atoms with Gasteiger partial charge in [0.1, 0.15) is 13.2 Å². The molecule has 0 amide bonds. The fraction of sp³-hybridized carbons (Fsp3) is 0.600. The van der Waals surface area contributed by atoms with Crippen LogP contribution in [0.4, 0.5) is 0 Å². The normalized spacial score (nSPS) is 27.3. The number of fused-ring (bicyclic) bond motifs is 1. The number of ether oxygens (including phenoxy) is 3. The molecule has 3 unspecified atom stereocenters. The Morgan fingerprint density at radius 2 is 1.95 bits per heavy atom. The highest BCUT2D eigenvalue weighted by Crippen LogP contribution is 2.36. The minimum absolute atomic E-state index is 0.202. The van der Waals surface area contributed by atoms with Crippen molar-refractivity contribution in [2.45, 2.75) is 25.5 Å². The summed E-state index contributed by atoms with van der Waals surface area (Å²) in [6.45, 7) is 4.36. The molecule has 0 spiro atoms. The van der Waals surface area contributed by atoms with Crippen molar-refractivity contribution in [2.75, 3.05) is 26.9 Å². The van der Waals surface area contributed by atoms with Gasteiger partial charge in [-0.1, -0.05) is 13.0 Å². The molecule has 3 atom stereocenters. The van der Waals surface area contributed by atoms with Crippen LogP contribution in [0.2, 0.25) is 0 Å². The van der Waals surface area contributed by atoms with Crippen molar-refractivity contribution in [3.63, 3.8) is 0 Å². The molecule has 2 aliphatic heterocycles. The largest absolute Gasteiger partial charge is 0.486 e. The first kappa shape index (κ1) is 12.8. The van der Waals surface area contributed by atoms with Crippen LogP contribution in [0.25, 0.3) is 0 Å². The summed E-state index contributed by atoms with van der Waals surface area (Å²) in [5, 5.41) is 3.38. The molecule has 3 rings (SSSR count). The SMILES string of the molecule is CNC(c1ccc2c(c1)OCCO2)C1OCCC1C. The first-order valence-electron chi connectivity index (χ1n) is 6.98. The second kappa shape index (κ2) is 5.39. The molecule has 1 N–H and O–H groups in total. The Labute approximate surface area is 114 Å². The zero-order valence-corrected chi connectivity index (χ0v) is 11.5. The molecule has 0 aliphatic carbocycles. The molecule has 4 heteroatoms. The van der Waals surface area contributed by atoms with Crippen molar-refractivity contribution < 1.29 is 14.2 Å². The van der Waals surface area contributed by atoms with E-state index in [9.17, 15) is 0 Å². The lowest BCUT2D eigenvalue weighted by atomic mass is 9.92. The van der Waals surface area contributed by atoms with Gasteiger partial charge in [0.2, 0.25) is 0 Å². The third kappa shape index (κ3) is 2.42. The van der Waals surface area contributed by atoms with Crippen LogP contribution in [-0.4, -0.2) is 33.0 Å². The molecule has 2 heterocycles. The van der Waals surface area contributed by atoms with Crippen LogP contribution in [0.15, 0.2) is 18.2 Å². The molecule has 0 bridgehead atoms. The van der Waals surface area contributed by atoms with Crippen molar-refractivity contribution in [1.82, 2.24) is 5.32 Å². The third-order valence-electron chi connectivity index (χ3n) is 4.01. The van der Waals surface area contributed by atoms with Crippen molar-refractivity contribution >= 4 is 0 Å². The quantitative estimate of drug-likeness (QED) is 0.907. The summed E-state index contributed by atoms with van der Waals surface area (Å²) in [6, 6.07) is 6.37. The highest BCUT2D eigenvalue weighted by atomic mass is 16.6. The van der Waals surface area contributed by atoms with Gasteiger partial charge in [0.05, 0.1) is 12.1 Å².